The molecule has 1 aliphatic rings. The van der Waals surface area contributed by atoms with Gasteiger partial charge in [0.15, 0.2) is 0 Å². The van der Waals surface area contributed by atoms with Crippen molar-refractivity contribution in [2.45, 2.75) is 38.8 Å². The van der Waals surface area contributed by atoms with E-state index < -0.39 is 22.0 Å². The van der Waals surface area contributed by atoms with Gasteiger partial charge in [-0.2, -0.15) is 4.31 Å². The lowest BCUT2D eigenvalue weighted by atomic mass is 10.2. The maximum absolute atomic E-state index is 12.1. The Kier molecular flexibility index (Phi) is 5.55. The SMILES string of the molecule is COC(=O)C1CCCN1S(=O)(=O)CCOC(C)C. The Morgan fingerprint density at radius 2 is 2.11 bits per heavy atom. The van der Waals surface area contributed by atoms with Crippen LogP contribution < -0.4 is 0 Å². The summed E-state index contributed by atoms with van der Waals surface area (Å²) in [6, 6.07) is -0.668. The van der Waals surface area contributed by atoms with Crippen LogP contribution in [0.15, 0.2) is 0 Å². The third-order valence-corrected chi connectivity index (χ3v) is 4.66. The summed E-state index contributed by atoms with van der Waals surface area (Å²) in [7, 11) is -2.18. The number of esters is 1. The monoisotopic (exact) mass is 279 g/mol. The quantitative estimate of drug-likeness (QED) is 0.657. The fraction of sp³-hybridized carbons (Fsp3) is 0.909. The van der Waals surface area contributed by atoms with Gasteiger partial charge in [-0.05, 0) is 26.7 Å². The first-order valence-corrected chi connectivity index (χ1v) is 7.68. The predicted molar refractivity (Wildman–Crippen MR) is 66.6 cm³/mol. The number of hydrogen-bond acceptors (Lipinski definition) is 5. The van der Waals surface area contributed by atoms with Crippen molar-refractivity contribution in [2.24, 2.45) is 0 Å². The number of hydrogen-bond donors (Lipinski definition) is 0. The summed E-state index contributed by atoms with van der Waals surface area (Å²) < 4.78 is 35.3. The van der Waals surface area contributed by atoms with E-state index in [0.717, 1.165) is 0 Å². The molecule has 0 aliphatic carbocycles. The highest BCUT2D eigenvalue weighted by Gasteiger charge is 2.38. The van der Waals surface area contributed by atoms with Crippen LogP contribution in [0.1, 0.15) is 26.7 Å². The van der Waals surface area contributed by atoms with Crippen LogP contribution in [0.25, 0.3) is 0 Å². The zero-order chi connectivity index (χ0) is 13.8. The highest BCUT2D eigenvalue weighted by molar-refractivity contribution is 7.89. The molecule has 106 valence electrons. The summed E-state index contributed by atoms with van der Waals surface area (Å²) in [4.78, 5) is 11.5. The minimum absolute atomic E-state index is 0.00446. The van der Waals surface area contributed by atoms with Gasteiger partial charge in [0.1, 0.15) is 6.04 Å². The van der Waals surface area contributed by atoms with Gasteiger partial charge < -0.3 is 9.47 Å². The lowest BCUT2D eigenvalue weighted by Crippen LogP contribution is -2.42. The van der Waals surface area contributed by atoms with Crippen LogP contribution in [-0.4, -0.2) is 56.9 Å². The van der Waals surface area contributed by atoms with E-state index in [4.69, 9.17) is 4.74 Å². The van der Waals surface area contributed by atoms with Crippen LogP contribution in [-0.2, 0) is 24.3 Å². The molecule has 0 aromatic heterocycles. The highest BCUT2D eigenvalue weighted by Crippen LogP contribution is 2.22. The highest BCUT2D eigenvalue weighted by atomic mass is 32.2. The molecule has 0 bridgehead atoms. The van der Waals surface area contributed by atoms with Gasteiger partial charge in [0, 0.05) is 6.54 Å². The Hall–Kier alpha value is -0.660. The molecule has 18 heavy (non-hydrogen) atoms. The molecule has 0 aromatic rings. The molecule has 1 rings (SSSR count). The molecule has 0 radical (unpaired) electrons. The largest absolute Gasteiger partial charge is 0.468 e. The Balaban J connectivity index is 2.63. The molecule has 1 heterocycles. The summed E-state index contributed by atoms with van der Waals surface area (Å²) in [5, 5.41) is 0. The van der Waals surface area contributed by atoms with E-state index in [1.807, 2.05) is 13.8 Å². The summed E-state index contributed by atoms with van der Waals surface area (Å²) in [6.45, 7) is 4.22. The van der Waals surface area contributed by atoms with Gasteiger partial charge in [-0.1, -0.05) is 0 Å². The van der Waals surface area contributed by atoms with Gasteiger partial charge in [0.2, 0.25) is 10.0 Å². The van der Waals surface area contributed by atoms with Gasteiger partial charge in [0.25, 0.3) is 0 Å². The molecule has 1 unspecified atom stereocenters. The van der Waals surface area contributed by atoms with Crippen molar-refractivity contribution in [3.05, 3.63) is 0 Å². The fourth-order valence-electron chi connectivity index (χ4n) is 1.95. The summed E-state index contributed by atoms with van der Waals surface area (Å²) in [6.07, 6.45) is 1.20. The number of carbonyl (C=O) groups is 1. The fourth-order valence-corrected chi connectivity index (χ4v) is 3.48. The molecule has 0 spiro atoms. The Labute approximate surface area is 108 Å². The maximum atomic E-state index is 12.1. The molecule has 1 aliphatic heterocycles. The average molecular weight is 279 g/mol. The molecular weight excluding hydrogens is 258 g/mol. The van der Waals surface area contributed by atoms with Crippen LogP contribution >= 0.6 is 0 Å². The van der Waals surface area contributed by atoms with Crippen LogP contribution in [0.4, 0.5) is 0 Å². The lowest BCUT2D eigenvalue weighted by Gasteiger charge is -2.22. The smallest absolute Gasteiger partial charge is 0.324 e. The first-order valence-electron chi connectivity index (χ1n) is 6.07. The van der Waals surface area contributed by atoms with Gasteiger partial charge >= 0.3 is 5.97 Å². The zero-order valence-electron chi connectivity index (χ0n) is 11.1. The number of sulfonamides is 1. The van der Waals surface area contributed by atoms with Crippen LogP contribution in [0, 0.1) is 0 Å². The predicted octanol–water partition coefficient (Wildman–Crippen LogP) is 0.379. The van der Waals surface area contributed by atoms with E-state index in [9.17, 15) is 13.2 Å². The van der Waals surface area contributed by atoms with Gasteiger partial charge in [-0.3, -0.25) is 4.79 Å². The van der Waals surface area contributed by atoms with E-state index in [-0.39, 0.29) is 18.5 Å². The number of ether oxygens (including phenoxy) is 2. The topological polar surface area (TPSA) is 72.9 Å². The first-order chi connectivity index (χ1) is 8.38. The van der Waals surface area contributed by atoms with Crippen molar-refractivity contribution >= 4 is 16.0 Å². The molecule has 0 amide bonds. The molecule has 0 saturated carbocycles. The van der Waals surface area contributed by atoms with Crippen molar-refractivity contribution in [1.82, 2.24) is 4.31 Å². The van der Waals surface area contributed by atoms with E-state index in [0.29, 0.717) is 19.4 Å². The number of carbonyl (C=O) groups excluding carboxylic acids is 1. The van der Waals surface area contributed by atoms with E-state index in [1.54, 1.807) is 0 Å². The molecule has 1 fully saturated rings. The molecule has 7 heteroatoms. The second-order valence-corrected chi connectivity index (χ2v) is 6.57. The molecule has 0 aromatic carbocycles. The second-order valence-electron chi connectivity index (χ2n) is 4.53. The van der Waals surface area contributed by atoms with E-state index >= 15 is 0 Å². The summed E-state index contributed by atoms with van der Waals surface area (Å²) in [5.74, 6) is -0.584. The lowest BCUT2D eigenvalue weighted by molar-refractivity contribution is -0.144. The minimum Gasteiger partial charge on any atom is -0.468 e. The Morgan fingerprint density at radius 3 is 2.67 bits per heavy atom. The summed E-state index contributed by atoms with van der Waals surface area (Å²) >= 11 is 0. The van der Waals surface area contributed by atoms with E-state index in [2.05, 4.69) is 4.74 Å². The standard InChI is InChI=1S/C11H21NO5S/c1-9(2)17-7-8-18(14,15)12-6-4-5-10(12)11(13)16-3/h9-10H,4-8H2,1-3H3. The Morgan fingerprint density at radius 1 is 1.44 bits per heavy atom. The number of methoxy groups -OCH3 is 1. The van der Waals surface area contributed by atoms with Crippen molar-refractivity contribution in [2.75, 3.05) is 26.0 Å². The Bertz CT molecular complexity index is 379. The van der Waals surface area contributed by atoms with Crippen molar-refractivity contribution < 1.29 is 22.7 Å². The van der Waals surface area contributed by atoms with Gasteiger partial charge in [-0.25, -0.2) is 8.42 Å². The molecule has 0 N–H and O–H groups in total. The second kappa shape index (κ2) is 6.49. The molecule has 1 saturated heterocycles. The third kappa shape index (κ3) is 3.93. The van der Waals surface area contributed by atoms with Crippen LogP contribution in [0.5, 0.6) is 0 Å². The normalized spacial score (nSPS) is 21.4. The van der Waals surface area contributed by atoms with Crippen LogP contribution in [0.3, 0.4) is 0 Å². The van der Waals surface area contributed by atoms with Gasteiger partial charge in [-0.15, -0.1) is 0 Å². The van der Waals surface area contributed by atoms with Gasteiger partial charge in [0.05, 0.1) is 25.6 Å². The third-order valence-electron chi connectivity index (χ3n) is 2.83. The maximum Gasteiger partial charge on any atom is 0.324 e. The molecule has 1 atom stereocenters. The molecular formula is C11H21NO5S. The summed E-state index contributed by atoms with van der Waals surface area (Å²) in [5.41, 5.74) is 0. The molecule has 6 nitrogen and oxygen atoms in total. The van der Waals surface area contributed by atoms with E-state index in [1.165, 1.54) is 11.4 Å². The number of rotatable bonds is 6. The number of nitrogens with zero attached hydrogens (tertiary/aromatic N) is 1. The zero-order valence-corrected chi connectivity index (χ0v) is 11.9. The van der Waals surface area contributed by atoms with Crippen molar-refractivity contribution in [1.29, 1.82) is 0 Å². The minimum atomic E-state index is -3.45. The van der Waals surface area contributed by atoms with Crippen LogP contribution in [0.2, 0.25) is 0 Å². The average Bonchev–Trinajstić information content (AvgIpc) is 2.76. The van der Waals surface area contributed by atoms with Crippen molar-refractivity contribution in [3.8, 4) is 0 Å². The van der Waals surface area contributed by atoms with Crippen molar-refractivity contribution in [3.63, 3.8) is 0 Å². The first kappa shape index (κ1) is 15.4.